The molecular formula is C19H19NO4. The van der Waals surface area contributed by atoms with E-state index in [-0.39, 0.29) is 17.7 Å². The SMILES string of the molecule is COc1cc2c(cc1O)CC1c3cc4c(cc3C2CN1C)OCO4. The van der Waals surface area contributed by atoms with E-state index < -0.39 is 0 Å². The second-order valence-corrected chi connectivity index (χ2v) is 6.77. The Morgan fingerprint density at radius 2 is 1.83 bits per heavy atom. The van der Waals surface area contributed by atoms with Crippen LogP contribution in [0.2, 0.25) is 0 Å². The van der Waals surface area contributed by atoms with E-state index in [2.05, 4.69) is 24.1 Å². The van der Waals surface area contributed by atoms with E-state index in [0.717, 1.165) is 24.5 Å². The number of methoxy groups -OCH3 is 1. The molecule has 4 aliphatic rings. The van der Waals surface area contributed by atoms with Crippen molar-refractivity contribution < 1.29 is 19.3 Å². The minimum Gasteiger partial charge on any atom is -0.504 e. The van der Waals surface area contributed by atoms with Crippen molar-refractivity contribution in [3.05, 3.63) is 46.5 Å². The molecule has 2 bridgehead atoms. The van der Waals surface area contributed by atoms with Crippen LogP contribution < -0.4 is 14.2 Å². The second-order valence-electron chi connectivity index (χ2n) is 6.77. The first-order valence-electron chi connectivity index (χ1n) is 8.19. The normalized spacial score (nSPS) is 23.6. The van der Waals surface area contributed by atoms with E-state index in [1.54, 1.807) is 7.11 Å². The number of aromatic hydroxyl groups is 1. The van der Waals surface area contributed by atoms with Gasteiger partial charge in [-0.05, 0) is 60.0 Å². The molecule has 5 heteroatoms. The molecule has 0 amide bonds. The Labute approximate surface area is 140 Å². The summed E-state index contributed by atoms with van der Waals surface area (Å²) in [5.41, 5.74) is 5.02. The molecule has 2 atom stereocenters. The lowest BCUT2D eigenvalue weighted by Crippen LogP contribution is -2.33. The standard InChI is InChI=1S/C19H19NO4/c1-20-8-14-11-5-17(22-2)16(21)4-10(11)3-15(20)13-7-19-18(6-12(13)14)23-9-24-19/h4-7,14-15,21H,3,8-9H2,1-2H3. The van der Waals surface area contributed by atoms with Crippen LogP contribution >= 0.6 is 0 Å². The third-order valence-electron chi connectivity index (χ3n) is 5.54. The summed E-state index contributed by atoms with van der Waals surface area (Å²) in [6, 6.07) is 8.40. The fourth-order valence-corrected chi connectivity index (χ4v) is 4.35. The molecule has 0 spiro atoms. The van der Waals surface area contributed by atoms with Crippen molar-refractivity contribution in [2.45, 2.75) is 18.4 Å². The quantitative estimate of drug-likeness (QED) is 0.874. The van der Waals surface area contributed by atoms with E-state index in [0.29, 0.717) is 12.5 Å². The molecule has 5 nitrogen and oxygen atoms in total. The van der Waals surface area contributed by atoms with Gasteiger partial charge < -0.3 is 19.3 Å². The maximum Gasteiger partial charge on any atom is 0.231 e. The molecule has 24 heavy (non-hydrogen) atoms. The Kier molecular flexibility index (Phi) is 2.80. The minimum atomic E-state index is 0.207. The van der Waals surface area contributed by atoms with Crippen molar-refractivity contribution >= 4 is 0 Å². The van der Waals surface area contributed by atoms with Gasteiger partial charge in [0.25, 0.3) is 0 Å². The number of rotatable bonds is 1. The summed E-state index contributed by atoms with van der Waals surface area (Å²) in [7, 11) is 3.75. The molecule has 0 radical (unpaired) electrons. The van der Waals surface area contributed by atoms with Crippen LogP contribution in [0, 0.1) is 0 Å². The predicted octanol–water partition coefficient (Wildman–Crippen LogP) is 2.80. The fourth-order valence-electron chi connectivity index (χ4n) is 4.35. The third kappa shape index (κ3) is 1.79. The topological polar surface area (TPSA) is 51.2 Å². The number of benzene rings is 2. The molecule has 3 heterocycles. The van der Waals surface area contributed by atoms with E-state index in [1.807, 2.05) is 12.1 Å². The lowest BCUT2D eigenvalue weighted by molar-refractivity contribution is 0.174. The van der Waals surface area contributed by atoms with E-state index >= 15 is 0 Å². The van der Waals surface area contributed by atoms with E-state index in [4.69, 9.17) is 14.2 Å². The van der Waals surface area contributed by atoms with E-state index in [9.17, 15) is 5.11 Å². The summed E-state index contributed by atoms with van der Waals surface area (Å²) in [6.45, 7) is 1.24. The molecule has 0 fully saturated rings. The Hall–Kier alpha value is -2.40. The number of phenolic OH excluding ortho intramolecular Hbond substituents is 1. The van der Waals surface area contributed by atoms with Gasteiger partial charge in [-0.25, -0.2) is 0 Å². The number of nitrogens with zero attached hydrogens (tertiary/aromatic N) is 1. The number of hydrogen-bond donors (Lipinski definition) is 1. The number of hydrogen-bond acceptors (Lipinski definition) is 5. The molecule has 2 unspecified atom stereocenters. The van der Waals surface area contributed by atoms with Crippen molar-refractivity contribution in [2.75, 3.05) is 27.5 Å². The Morgan fingerprint density at radius 1 is 1.08 bits per heavy atom. The second kappa shape index (κ2) is 4.80. The van der Waals surface area contributed by atoms with Gasteiger partial charge in [0.2, 0.25) is 6.79 Å². The first kappa shape index (κ1) is 14.0. The zero-order chi connectivity index (χ0) is 16.4. The van der Waals surface area contributed by atoms with Crippen LogP contribution in [0.3, 0.4) is 0 Å². The number of ether oxygens (including phenoxy) is 3. The maximum absolute atomic E-state index is 10.2. The summed E-state index contributed by atoms with van der Waals surface area (Å²) >= 11 is 0. The van der Waals surface area contributed by atoms with Crippen LogP contribution in [-0.4, -0.2) is 37.5 Å². The Balaban J connectivity index is 1.75. The van der Waals surface area contributed by atoms with Gasteiger partial charge in [-0.15, -0.1) is 0 Å². The zero-order valence-corrected chi connectivity index (χ0v) is 13.7. The summed E-state index contributed by atoms with van der Waals surface area (Å²) in [4.78, 5) is 2.39. The third-order valence-corrected chi connectivity index (χ3v) is 5.54. The first-order valence-corrected chi connectivity index (χ1v) is 8.19. The lowest BCUT2D eigenvalue weighted by atomic mass is 9.84. The highest BCUT2D eigenvalue weighted by molar-refractivity contribution is 5.59. The lowest BCUT2D eigenvalue weighted by Gasteiger charge is -2.36. The van der Waals surface area contributed by atoms with Crippen LogP contribution in [-0.2, 0) is 6.42 Å². The van der Waals surface area contributed by atoms with Crippen molar-refractivity contribution in [1.82, 2.24) is 4.90 Å². The number of phenols is 1. The van der Waals surface area contributed by atoms with Gasteiger partial charge in [0.05, 0.1) is 7.11 Å². The van der Waals surface area contributed by atoms with Gasteiger partial charge >= 0.3 is 0 Å². The molecule has 0 saturated carbocycles. The minimum absolute atomic E-state index is 0.207. The van der Waals surface area contributed by atoms with Crippen molar-refractivity contribution in [1.29, 1.82) is 0 Å². The molecule has 0 saturated heterocycles. The van der Waals surface area contributed by atoms with Gasteiger partial charge in [-0.2, -0.15) is 0 Å². The zero-order valence-electron chi connectivity index (χ0n) is 13.7. The van der Waals surface area contributed by atoms with Crippen LogP contribution in [0.1, 0.15) is 34.2 Å². The Morgan fingerprint density at radius 3 is 2.58 bits per heavy atom. The average molecular weight is 325 g/mol. The smallest absolute Gasteiger partial charge is 0.231 e. The summed E-state index contributed by atoms with van der Waals surface area (Å²) in [5, 5.41) is 10.2. The van der Waals surface area contributed by atoms with Crippen molar-refractivity contribution in [2.24, 2.45) is 0 Å². The van der Waals surface area contributed by atoms with Gasteiger partial charge in [0.1, 0.15) is 0 Å². The van der Waals surface area contributed by atoms with Crippen LogP contribution in [0.5, 0.6) is 23.0 Å². The van der Waals surface area contributed by atoms with Gasteiger partial charge in [-0.1, -0.05) is 0 Å². The highest BCUT2D eigenvalue weighted by atomic mass is 16.7. The highest BCUT2D eigenvalue weighted by Crippen LogP contribution is 2.50. The van der Waals surface area contributed by atoms with E-state index in [1.165, 1.54) is 22.3 Å². The van der Waals surface area contributed by atoms with Crippen LogP contribution in [0.4, 0.5) is 0 Å². The number of likely N-dealkylation sites (N-methyl/N-ethyl adjacent to an activating group) is 1. The highest BCUT2D eigenvalue weighted by Gasteiger charge is 2.39. The summed E-state index contributed by atoms with van der Waals surface area (Å²) in [6.07, 6.45) is 0.868. The molecule has 2 aromatic carbocycles. The van der Waals surface area contributed by atoms with Gasteiger partial charge in [-0.3, -0.25) is 4.90 Å². The average Bonchev–Trinajstić information content (AvgIpc) is 2.93. The first-order chi connectivity index (χ1) is 11.7. The molecule has 3 aliphatic heterocycles. The molecule has 2 aromatic rings. The molecule has 1 N–H and O–H groups in total. The van der Waals surface area contributed by atoms with Crippen molar-refractivity contribution in [3.8, 4) is 23.0 Å². The predicted molar refractivity (Wildman–Crippen MR) is 88.1 cm³/mol. The van der Waals surface area contributed by atoms with Gasteiger partial charge in [0.15, 0.2) is 23.0 Å². The molecule has 6 rings (SSSR count). The monoisotopic (exact) mass is 325 g/mol. The Bertz CT molecular complexity index is 848. The number of fused-ring (bicyclic) bond motifs is 2. The fraction of sp³-hybridized carbons (Fsp3) is 0.368. The van der Waals surface area contributed by atoms with Crippen molar-refractivity contribution in [3.63, 3.8) is 0 Å². The van der Waals surface area contributed by atoms with Crippen LogP contribution in [0.25, 0.3) is 0 Å². The molecule has 0 aromatic heterocycles. The molecular weight excluding hydrogens is 306 g/mol. The molecule has 124 valence electrons. The van der Waals surface area contributed by atoms with Gasteiger partial charge in [0, 0.05) is 18.5 Å². The molecule has 1 aliphatic carbocycles. The van der Waals surface area contributed by atoms with Crippen LogP contribution in [0.15, 0.2) is 24.3 Å². The largest absolute Gasteiger partial charge is 0.504 e. The summed E-state index contributed by atoms with van der Waals surface area (Å²) < 4.78 is 16.5. The summed E-state index contributed by atoms with van der Waals surface area (Å²) in [5.74, 6) is 2.64. The maximum atomic E-state index is 10.2.